The van der Waals surface area contributed by atoms with Crippen LogP contribution in [-0.2, 0) is 11.8 Å². The lowest BCUT2D eigenvalue weighted by molar-refractivity contribution is 0.0383. The fourth-order valence-corrected chi connectivity index (χ4v) is 3.53. The monoisotopic (exact) mass is 363 g/mol. The maximum absolute atomic E-state index is 12.4. The quantitative estimate of drug-likeness (QED) is 0.758. The van der Waals surface area contributed by atoms with Gasteiger partial charge in [0.2, 0.25) is 0 Å². The van der Waals surface area contributed by atoms with E-state index in [4.69, 9.17) is 4.74 Å². The third kappa shape index (κ3) is 4.04. The Kier molecular flexibility index (Phi) is 5.23. The Balaban J connectivity index is 1.37. The Morgan fingerprint density at radius 3 is 2.56 bits per heavy atom. The number of aromatic nitrogens is 1. The van der Waals surface area contributed by atoms with Gasteiger partial charge < -0.3 is 14.6 Å². The van der Waals surface area contributed by atoms with Crippen LogP contribution in [0.2, 0.25) is 0 Å². The third-order valence-corrected chi connectivity index (χ3v) is 5.18. The zero-order valence-corrected chi connectivity index (χ0v) is 15.6. The van der Waals surface area contributed by atoms with Crippen molar-refractivity contribution >= 4 is 16.8 Å². The Morgan fingerprint density at radius 1 is 1.04 bits per heavy atom. The number of nitrogens with zero attached hydrogens (tertiary/aromatic N) is 2. The van der Waals surface area contributed by atoms with E-state index in [1.807, 2.05) is 24.3 Å². The number of amides is 1. The molecule has 0 spiro atoms. The van der Waals surface area contributed by atoms with Gasteiger partial charge in [-0.1, -0.05) is 18.2 Å². The van der Waals surface area contributed by atoms with E-state index in [1.165, 1.54) is 10.9 Å². The summed E-state index contributed by atoms with van der Waals surface area (Å²) in [7, 11) is 2.05. The molecule has 0 unspecified atom stereocenters. The van der Waals surface area contributed by atoms with Crippen LogP contribution in [0.15, 0.2) is 54.7 Å². The molecule has 0 saturated carbocycles. The molecule has 5 nitrogen and oxygen atoms in total. The maximum atomic E-state index is 12.4. The van der Waals surface area contributed by atoms with Gasteiger partial charge in [-0.2, -0.15) is 0 Å². The summed E-state index contributed by atoms with van der Waals surface area (Å²) >= 11 is 0. The van der Waals surface area contributed by atoms with E-state index < -0.39 is 0 Å². The van der Waals surface area contributed by atoms with E-state index in [-0.39, 0.29) is 5.91 Å². The average Bonchev–Trinajstić information content (AvgIpc) is 3.09. The molecule has 1 saturated heterocycles. The fourth-order valence-electron chi connectivity index (χ4n) is 3.53. The van der Waals surface area contributed by atoms with E-state index in [2.05, 4.69) is 52.3 Å². The first kappa shape index (κ1) is 17.8. The van der Waals surface area contributed by atoms with Crippen molar-refractivity contribution in [3.63, 3.8) is 0 Å². The number of hydrogen-bond donors (Lipinski definition) is 1. The molecule has 5 heteroatoms. The molecule has 140 valence electrons. The third-order valence-electron chi connectivity index (χ3n) is 5.18. The normalized spacial score (nSPS) is 15.1. The van der Waals surface area contributed by atoms with Crippen LogP contribution in [0.3, 0.4) is 0 Å². The Bertz CT molecular complexity index is 924. The molecule has 0 aliphatic carbocycles. The molecule has 3 aromatic rings. The number of ether oxygens (including phenoxy) is 1. The standard InChI is InChI=1S/C22H25N3O2/c1-24-10-8-20-16-19(6-7-21(20)24)17-2-4-18(5-3-17)22(26)23-9-11-25-12-14-27-15-13-25/h2-8,10,16H,9,11-15H2,1H3,(H,23,26). The highest BCUT2D eigenvalue weighted by Crippen LogP contribution is 2.25. The van der Waals surface area contributed by atoms with Crippen LogP contribution in [0.4, 0.5) is 0 Å². The van der Waals surface area contributed by atoms with Crippen molar-refractivity contribution in [2.24, 2.45) is 7.05 Å². The number of nitrogens with one attached hydrogen (secondary N) is 1. The highest BCUT2D eigenvalue weighted by molar-refractivity contribution is 5.95. The smallest absolute Gasteiger partial charge is 0.251 e. The van der Waals surface area contributed by atoms with Crippen molar-refractivity contribution in [3.05, 3.63) is 60.3 Å². The van der Waals surface area contributed by atoms with E-state index >= 15 is 0 Å². The molecule has 0 bridgehead atoms. The van der Waals surface area contributed by atoms with Crippen molar-refractivity contribution in [1.29, 1.82) is 0 Å². The minimum atomic E-state index is -0.0201. The molecule has 0 radical (unpaired) electrons. The zero-order valence-electron chi connectivity index (χ0n) is 15.6. The van der Waals surface area contributed by atoms with Gasteiger partial charge >= 0.3 is 0 Å². The summed E-state index contributed by atoms with van der Waals surface area (Å²) in [4.78, 5) is 14.7. The van der Waals surface area contributed by atoms with E-state index in [1.54, 1.807) is 0 Å². The van der Waals surface area contributed by atoms with Gasteiger partial charge in [0.15, 0.2) is 0 Å². The fraction of sp³-hybridized carbons (Fsp3) is 0.318. The van der Waals surface area contributed by atoms with Crippen LogP contribution in [0, 0.1) is 0 Å². The Morgan fingerprint density at radius 2 is 1.78 bits per heavy atom. The number of carbonyl (C=O) groups excluding carboxylic acids is 1. The number of hydrogen-bond acceptors (Lipinski definition) is 3. The Hall–Kier alpha value is -2.63. The lowest BCUT2D eigenvalue weighted by Crippen LogP contribution is -2.41. The predicted octanol–water partition coefficient (Wildman–Crippen LogP) is 2.91. The number of fused-ring (bicyclic) bond motifs is 1. The first-order valence-corrected chi connectivity index (χ1v) is 9.44. The minimum Gasteiger partial charge on any atom is -0.379 e. The molecular formula is C22H25N3O2. The van der Waals surface area contributed by atoms with Crippen molar-refractivity contribution in [2.75, 3.05) is 39.4 Å². The van der Waals surface area contributed by atoms with E-state index in [0.717, 1.165) is 44.0 Å². The van der Waals surface area contributed by atoms with Gasteiger partial charge in [0, 0.05) is 55.9 Å². The number of aryl methyl sites for hydroxylation is 1. The number of carbonyl (C=O) groups is 1. The summed E-state index contributed by atoms with van der Waals surface area (Å²) in [6.07, 6.45) is 2.07. The summed E-state index contributed by atoms with van der Waals surface area (Å²) < 4.78 is 7.45. The summed E-state index contributed by atoms with van der Waals surface area (Å²) in [5, 5.41) is 4.23. The van der Waals surface area contributed by atoms with Gasteiger partial charge in [0.1, 0.15) is 0 Å². The molecule has 0 atom stereocenters. The molecule has 4 rings (SSSR count). The van der Waals surface area contributed by atoms with Gasteiger partial charge in [-0.25, -0.2) is 0 Å². The molecule has 1 aromatic heterocycles. The van der Waals surface area contributed by atoms with Gasteiger partial charge in [0.05, 0.1) is 13.2 Å². The molecule has 2 heterocycles. The second-order valence-electron chi connectivity index (χ2n) is 6.99. The number of rotatable bonds is 5. The SMILES string of the molecule is Cn1ccc2cc(-c3ccc(C(=O)NCCN4CCOCC4)cc3)ccc21. The average molecular weight is 363 g/mol. The van der Waals surface area contributed by atoms with Crippen molar-refractivity contribution in [2.45, 2.75) is 0 Å². The van der Waals surface area contributed by atoms with Crippen LogP contribution in [0.1, 0.15) is 10.4 Å². The molecule has 1 N–H and O–H groups in total. The molecule has 2 aromatic carbocycles. The first-order valence-electron chi connectivity index (χ1n) is 9.44. The Labute approximate surface area is 159 Å². The van der Waals surface area contributed by atoms with Gasteiger partial charge in [-0.15, -0.1) is 0 Å². The first-order chi connectivity index (χ1) is 13.2. The van der Waals surface area contributed by atoms with E-state index in [0.29, 0.717) is 12.1 Å². The summed E-state index contributed by atoms with van der Waals surface area (Å²) in [5.74, 6) is -0.0201. The number of morpholine rings is 1. The zero-order chi connectivity index (χ0) is 18.6. The van der Waals surface area contributed by atoms with Gasteiger partial charge in [-0.3, -0.25) is 9.69 Å². The predicted molar refractivity (Wildman–Crippen MR) is 108 cm³/mol. The molecule has 1 amide bonds. The highest BCUT2D eigenvalue weighted by atomic mass is 16.5. The van der Waals surface area contributed by atoms with Crippen molar-refractivity contribution in [3.8, 4) is 11.1 Å². The maximum Gasteiger partial charge on any atom is 0.251 e. The molecule has 1 aliphatic heterocycles. The molecule has 1 fully saturated rings. The summed E-state index contributed by atoms with van der Waals surface area (Å²) in [6.45, 7) is 4.97. The van der Waals surface area contributed by atoms with Gasteiger partial charge in [0.25, 0.3) is 5.91 Å². The van der Waals surface area contributed by atoms with Crippen molar-refractivity contribution in [1.82, 2.24) is 14.8 Å². The lowest BCUT2D eigenvalue weighted by atomic mass is 10.0. The molecule has 1 aliphatic rings. The largest absolute Gasteiger partial charge is 0.379 e. The highest BCUT2D eigenvalue weighted by Gasteiger charge is 2.11. The van der Waals surface area contributed by atoms with Crippen LogP contribution in [0.5, 0.6) is 0 Å². The van der Waals surface area contributed by atoms with Crippen LogP contribution in [0.25, 0.3) is 22.0 Å². The van der Waals surface area contributed by atoms with Gasteiger partial charge in [-0.05, 0) is 41.5 Å². The van der Waals surface area contributed by atoms with Crippen LogP contribution < -0.4 is 5.32 Å². The minimum absolute atomic E-state index is 0.0201. The lowest BCUT2D eigenvalue weighted by Gasteiger charge is -2.26. The van der Waals surface area contributed by atoms with Crippen LogP contribution in [-0.4, -0.2) is 54.8 Å². The molecular weight excluding hydrogens is 338 g/mol. The second-order valence-corrected chi connectivity index (χ2v) is 6.99. The topological polar surface area (TPSA) is 46.5 Å². The number of benzene rings is 2. The molecule has 27 heavy (non-hydrogen) atoms. The van der Waals surface area contributed by atoms with Crippen LogP contribution >= 0.6 is 0 Å². The van der Waals surface area contributed by atoms with E-state index in [9.17, 15) is 4.79 Å². The van der Waals surface area contributed by atoms with Crippen molar-refractivity contribution < 1.29 is 9.53 Å². The summed E-state index contributed by atoms with van der Waals surface area (Å²) in [6, 6.07) is 16.4. The summed E-state index contributed by atoms with van der Waals surface area (Å²) in [5.41, 5.74) is 4.19. The second kappa shape index (κ2) is 7.94.